The number of ether oxygens (including phenoxy) is 2. The van der Waals surface area contributed by atoms with Crippen molar-refractivity contribution in [2.75, 3.05) is 18.5 Å². The van der Waals surface area contributed by atoms with Gasteiger partial charge in [-0.15, -0.1) is 0 Å². The molecule has 0 aliphatic carbocycles. The average molecular weight is 348 g/mol. The van der Waals surface area contributed by atoms with Crippen molar-refractivity contribution in [3.8, 4) is 11.5 Å². The molecule has 3 rings (SSSR count). The average Bonchev–Trinajstić information content (AvgIpc) is 2.73. The molecule has 110 valence electrons. The highest BCUT2D eigenvalue weighted by molar-refractivity contribution is 9.10. The van der Waals surface area contributed by atoms with E-state index in [9.17, 15) is 0 Å². The minimum atomic E-state index is 0.717. The van der Waals surface area contributed by atoms with Gasteiger partial charge in [-0.1, -0.05) is 28.1 Å². The van der Waals surface area contributed by atoms with Gasteiger partial charge >= 0.3 is 0 Å². The maximum absolute atomic E-state index is 5.72. The van der Waals surface area contributed by atoms with E-state index in [1.807, 2.05) is 6.07 Å². The van der Waals surface area contributed by atoms with Crippen molar-refractivity contribution < 1.29 is 9.47 Å². The Bertz CT molecular complexity index is 643. The zero-order valence-corrected chi connectivity index (χ0v) is 13.6. The summed E-state index contributed by atoms with van der Waals surface area (Å²) in [6.45, 7) is 4.28. The Labute approximate surface area is 133 Å². The van der Waals surface area contributed by atoms with Gasteiger partial charge in [-0.05, 0) is 42.3 Å². The van der Waals surface area contributed by atoms with Crippen LogP contribution >= 0.6 is 15.9 Å². The molecule has 0 unspecified atom stereocenters. The molecule has 0 saturated carbocycles. The third-order valence-corrected chi connectivity index (χ3v) is 4.33. The highest BCUT2D eigenvalue weighted by Crippen LogP contribution is 2.30. The molecule has 4 heteroatoms. The van der Waals surface area contributed by atoms with Crippen LogP contribution in [0.3, 0.4) is 0 Å². The molecule has 2 aromatic rings. The lowest BCUT2D eigenvalue weighted by Gasteiger charge is -2.11. The monoisotopic (exact) mass is 347 g/mol. The van der Waals surface area contributed by atoms with Crippen molar-refractivity contribution in [3.05, 3.63) is 52.0 Å². The maximum Gasteiger partial charge on any atom is 0.161 e. The van der Waals surface area contributed by atoms with Crippen molar-refractivity contribution in [2.24, 2.45) is 0 Å². The second-order valence-corrected chi connectivity index (χ2v) is 6.00. The van der Waals surface area contributed by atoms with Gasteiger partial charge < -0.3 is 14.8 Å². The summed E-state index contributed by atoms with van der Waals surface area (Å²) in [5.41, 5.74) is 3.51. The van der Waals surface area contributed by atoms with E-state index >= 15 is 0 Å². The molecule has 2 aromatic carbocycles. The minimum absolute atomic E-state index is 0.717. The molecule has 0 spiro atoms. The molecule has 1 heterocycles. The van der Waals surface area contributed by atoms with E-state index in [1.165, 1.54) is 11.1 Å². The maximum atomic E-state index is 5.72. The molecule has 21 heavy (non-hydrogen) atoms. The fraction of sp³-hybridized carbons (Fsp3) is 0.294. The van der Waals surface area contributed by atoms with E-state index < -0.39 is 0 Å². The Balaban J connectivity index is 1.70. The molecule has 1 aliphatic heterocycles. The summed E-state index contributed by atoms with van der Waals surface area (Å²) in [6, 6.07) is 12.4. The first-order valence-electron chi connectivity index (χ1n) is 7.11. The number of anilines is 1. The van der Waals surface area contributed by atoms with Crippen LogP contribution in [0.5, 0.6) is 11.5 Å². The first-order valence-corrected chi connectivity index (χ1v) is 7.90. The molecule has 0 fully saturated rings. The Morgan fingerprint density at radius 3 is 2.67 bits per heavy atom. The number of hydrogen-bond acceptors (Lipinski definition) is 3. The van der Waals surface area contributed by atoms with Crippen molar-refractivity contribution in [1.29, 1.82) is 0 Å². The summed E-state index contributed by atoms with van der Waals surface area (Å²) < 4.78 is 12.5. The fourth-order valence-corrected chi connectivity index (χ4v) is 2.60. The summed E-state index contributed by atoms with van der Waals surface area (Å²) in [5.74, 6) is 1.69. The summed E-state index contributed by atoms with van der Waals surface area (Å²) in [5, 5.41) is 3.43. The number of aryl methyl sites for hydroxylation is 1. The van der Waals surface area contributed by atoms with Crippen molar-refractivity contribution in [2.45, 2.75) is 19.9 Å². The standard InChI is InChI=1S/C17H18BrNO2/c1-12-3-5-14(10-15(12)18)19-11-13-4-6-16-17(9-13)21-8-2-7-20-16/h3-6,9-10,19H,2,7-8,11H2,1H3. The minimum Gasteiger partial charge on any atom is -0.490 e. The third kappa shape index (κ3) is 3.50. The van der Waals surface area contributed by atoms with Gasteiger partial charge in [0.25, 0.3) is 0 Å². The quantitative estimate of drug-likeness (QED) is 0.884. The molecule has 3 nitrogen and oxygen atoms in total. The van der Waals surface area contributed by atoms with Crippen LogP contribution in [0.1, 0.15) is 17.5 Å². The van der Waals surface area contributed by atoms with E-state index in [0.29, 0.717) is 0 Å². The van der Waals surface area contributed by atoms with Gasteiger partial charge in [0.15, 0.2) is 11.5 Å². The third-order valence-electron chi connectivity index (χ3n) is 3.48. The van der Waals surface area contributed by atoms with Crippen LogP contribution in [-0.4, -0.2) is 13.2 Å². The Morgan fingerprint density at radius 1 is 1.05 bits per heavy atom. The predicted molar refractivity (Wildman–Crippen MR) is 88.3 cm³/mol. The first-order chi connectivity index (χ1) is 10.2. The van der Waals surface area contributed by atoms with Crippen molar-refractivity contribution in [3.63, 3.8) is 0 Å². The van der Waals surface area contributed by atoms with Gasteiger partial charge in [0.05, 0.1) is 13.2 Å². The molecule has 0 atom stereocenters. The largest absolute Gasteiger partial charge is 0.490 e. The van der Waals surface area contributed by atoms with Gasteiger partial charge in [0, 0.05) is 23.1 Å². The topological polar surface area (TPSA) is 30.5 Å². The van der Waals surface area contributed by atoms with Gasteiger partial charge in [-0.2, -0.15) is 0 Å². The number of fused-ring (bicyclic) bond motifs is 1. The summed E-state index contributed by atoms with van der Waals surface area (Å²) in [7, 11) is 0. The summed E-state index contributed by atoms with van der Waals surface area (Å²) >= 11 is 3.55. The Kier molecular flexibility index (Phi) is 4.34. The smallest absolute Gasteiger partial charge is 0.161 e. The zero-order chi connectivity index (χ0) is 14.7. The molecule has 0 aromatic heterocycles. The van der Waals surface area contributed by atoms with Crippen LogP contribution in [0.2, 0.25) is 0 Å². The highest BCUT2D eigenvalue weighted by Gasteiger charge is 2.10. The lowest BCUT2D eigenvalue weighted by atomic mass is 10.2. The molecule has 1 N–H and O–H groups in total. The molecular weight excluding hydrogens is 330 g/mol. The predicted octanol–water partition coefficient (Wildman–Crippen LogP) is 4.53. The fourth-order valence-electron chi connectivity index (χ4n) is 2.22. The van der Waals surface area contributed by atoms with Gasteiger partial charge in [-0.3, -0.25) is 0 Å². The van der Waals surface area contributed by atoms with Crippen LogP contribution < -0.4 is 14.8 Å². The first kappa shape index (κ1) is 14.3. The van der Waals surface area contributed by atoms with Crippen LogP contribution in [0, 0.1) is 6.92 Å². The van der Waals surface area contributed by atoms with Gasteiger partial charge in [0.1, 0.15) is 0 Å². The molecular formula is C17H18BrNO2. The van der Waals surface area contributed by atoms with Crippen molar-refractivity contribution >= 4 is 21.6 Å². The van der Waals surface area contributed by atoms with Crippen LogP contribution in [-0.2, 0) is 6.54 Å². The number of benzene rings is 2. The Hall–Kier alpha value is -1.68. The lowest BCUT2D eigenvalue weighted by molar-refractivity contribution is 0.297. The van der Waals surface area contributed by atoms with E-state index in [2.05, 4.69) is 58.5 Å². The number of rotatable bonds is 3. The summed E-state index contributed by atoms with van der Waals surface area (Å²) in [4.78, 5) is 0. The number of nitrogens with one attached hydrogen (secondary N) is 1. The van der Waals surface area contributed by atoms with E-state index in [1.54, 1.807) is 0 Å². The number of hydrogen-bond donors (Lipinski definition) is 1. The van der Waals surface area contributed by atoms with E-state index in [0.717, 1.165) is 47.8 Å². The second-order valence-electron chi connectivity index (χ2n) is 5.15. The van der Waals surface area contributed by atoms with Gasteiger partial charge in [-0.25, -0.2) is 0 Å². The van der Waals surface area contributed by atoms with Crippen LogP contribution in [0.15, 0.2) is 40.9 Å². The normalized spacial score (nSPS) is 13.6. The number of halogens is 1. The molecule has 0 amide bonds. The lowest BCUT2D eigenvalue weighted by Crippen LogP contribution is -2.00. The molecule has 1 aliphatic rings. The van der Waals surface area contributed by atoms with Gasteiger partial charge in [0.2, 0.25) is 0 Å². The molecule has 0 saturated heterocycles. The molecule has 0 radical (unpaired) electrons. The Morgan fingerprint density at radius 2 is 1.86 bits per heavy atom. The van der Waals surface area contributed by atoms with E-state index in [-0.39, 0.29) is 0 Å². The molecule has 0 bridgehead atoms. The van der Waals surface area contributed by atoms with Crippen LogP contribution in [0.4, 0.5) is 5.69 Å². The summed E-state index contributed by atoms with van der Waals surface area (Å²) in [6.07, 6.45) is 0.930. The highest BCUT2D eigenvalue weighted by atomic mass is 79.9. The van der Waals surface area contributed by atoms with E-state index in [4.69, 9.17) is 9.47 Å². The zero-order valence-electron chi connectivity index (χ0n) is 12.0. The SMILES string of the molecule is Cc1ccc(NCc2ccc3c(c2)OCCCO3)cc1Br. The van der Waals surface area contributed by atoms with Crippen LogP contribution in [0.25, 0.3) is 0 Å². The second kappa shape index (κ2) is 6.39. The van der Waals surface area contributed by atoms with Crippen molar-refractivity contribution in [1.82, 2.24) is 0 Å².